The standard InChI is InChI=1S/C15H18N2O2/c1-2-13(18)16-7-5-10-3-4-11-9-17-15-12(14(10)11)6-8-19-15/h3,9H,2,4-8H2,1H3,(H,16,18). The highest BCUT2D eigenvalue weighted by molar-refractivity contribution is 5.78. The monoisotopic (exact) mass is 258 g/mol. The molecule has 4 heteroatoms. The van der Waals surface area contributed by atoms with Crippen LogP contribution in [0.15, 0.2) is 12.3 Å². The second kappa shape index (κ2) is 5.03. The van der Waals surface area contributed by atoms with E-state index < -0.39 is 0 Å². The SMILES string of the molecule is CCC(=O)NCCC1=CCc2cnc3c(c21)CCO3. The highest BCUT2D eigenvalue weighted by Gasteiger charge is 2.25. The smallest absolute Gasteiger partial charge is 0.219 e. The van der Waals surface area contributed by atoms with Gasteiger partial charge in [0.1, 0.15) is 0 Å². The summed E-state index contributed by atoms with van der Waals surface area (Å²) in [5, 5.41) is 2.93. The van der Waals surface area contributed by atoms with Gasteiger partial charge in [0.2, 0.25) is 11.8 Å². The van der Waals surface area contributed by atoms with Gasteiger partial charge in [0.05, 0.1) is 6.61 Å². The zero-order chi connectivity index (χ0) is 13.2. The Morgan fingerprint density at radius 1 is 1.53 bits per heavy atom. The number of aromatic nitrogens is 1. The molecular weight excluding hydrogens is 240 g/mol. The highest BCUT2D eigenvalue weighted by Crippen LogP contribution is 2.38. The first-order valence-electron chi connectivity index (χ1n) is 6.89. The van der Waals surface area contributed by atoms with Crippen molar-refractivity contribution in [2.24, 2.45) is 0 Å². The molecule has 0 bridgehead atoms. The van der Waals surface area contributed by atoms with Crippen LogP contribution in [0.4, 0.5) is 0 Å². The van der Waals surface area contributed by atoms with Gasteiger partial charge in [-0.2, -0.15) is 0 Å². The van der Waals surface area contributed by atoms with Gasteiger partial charge in [-0.15, -0.1) is 0 Å². The number of hydrogen-bond donors (Lipinski definition) is 1. The number of hydrogen-bond acceptors (Lipinski definition) is 3. The molecule has 2 aliphatic rings. The zero-order valence-electron chi connectivity index (χ0n) is 11.2. The van der Waals surface area contributed by atoms with Gasteiger partial charge in [-0.05, 0) is 29.5 Å². The average Bonchev–Trinajstić information content (AvgIpc) is 3.03. The molecule has 1 aliphatic heterocycles. The van der Waals surface area contributed by atoms with Gasteiger partial charge < -0.3 is 10.1 Å². The van der Waals surface area contributed by atoms with E-state index in [1.165, 1.54) is 22.3 Å². The molecule has 100 valence electrons. The maximum absolute atomic E-state index is 11.3. The fourth-order valence-electron chi connectivity index (χ4n) is 2.76. The molecular formula is C15H18N2O2. The molecule has 2 heterocycles. The maximum atomic E-state index is 11.3. The molecule has 4 nitrogen and oxygen atoms in total. The summed E-state index contributed by atoms with van der Waals surface area (Å²) >= 11 is 0. The van der Waals surface area contributed by atoms with Crippen LogP contribution in [0.5, 0.6) is 5.88 Å². The van der Waals surface area contributed by atoms with E-state index in [9.17, 15) is 4.79 Å². The van der Waals surface area contributed by atoms with E-state index in [0.717, 1.165) is 31.7 Å². The lowest BCUT2D eigenvalue weighted by Crippen LogP contribution is -2.23. The summed E-state index contributed by atoms with van der Waals surface area (Å²) in [4.78, 5) is 15.6. The van der Waals surface area contributed by atoms with E-state index in [1.807, 2.05) is 13.1 Å². The van der Waals surface area contributed by atoms with Crippen LogP contribution in [-0.4, -0.2) is 24.0 Å². The van der Waals surface area contributed by atoms with Gasteiger partial charge in [0.25, 0.3) is 0 Å². The van der Waals surface area contributed by atoms with E-state index in [0.29, 0.717) is 13.0 Å². The van der Waals surface area contributed by atoms with Crippen molar-refractivity contribution in [3.63, 3.8) is 0 Å². The Labute approximate surface area is 112 Å². The number of ether oxygens (including phenoxy) is 1. The summed E-state index contributed by atoms with van der Waals surface area (Å²) in [6.45, 7) is 3.31. The summed E-state index contributed by atoms with van der Waals surface area (Å²) in [5.74, 6) is 0.909. The number of rotatable bonds is 4. The molecule has 1 amide bonds. The fourth-order valence-corrected chi connectivity index (χ4v) is 2.76. The van der Waals surface area contributed by atoms with Crippen molar-refractivity contribution in [2.45, 2.75) is 32.6 Å². The van der Waals surface area contributed by atoms with Crippen LogP contribution >= 0.6 is 0 Å². The lowest BCUT2D eigenvalue weighted by Gasteiger charge is -2.10. The average molecular weight is 258 g/mol. The molecule has 19 heavy (non-hydrogen) atoms. The van der Waals surface area contributed by atoms with Crippen LogP contribution in [0, 0.1) is 0 Å². The maximum Gasteiger partial charge on any atom is 0.219 e. The normalized spacial score (nSPS) is 15.5. The van der Waals surface area contributed by atoms with E-state index >= 15 is 0 Å². The Balaban J connectivity index is 1.74. The Morgan fingerprint density at radius 3 is 3.26 bits per heavy atom. The third-order valence-electron chi connectivity index (χ3n) is 3.74. The minimum absolute atomic E-state index is 0.113. The molecule has 3 rings (SSSR count). The molecule has 1 aromatic rings. The number of pyridine rings is 1. The molecule has 1 N–H and O–H groups in total. The van der Waals surface area contributed by atoms with Crippen LogP contribution in [-0.2, 0) is 17.6 Å². The van der Waals surface area contributed by atoms with E-state index in [-0.39, 0.29) is 5.91 Å². The van der Waals surface area contributed by atoms with Gasteiger partial charge in [0, 0.05) is 31.1 Å². The second-order valence-electron chi connectivity index (χ2n) is 4.93. The van der Waals surface area contributed by atoms with Crippen molar-refractivity contribution >= 4 is 11.5 Å². The van der Waals surface area contributed by atoms with Gasteiger partial charge in [-0.1, -0.05) is 13.0 Å². The first-order chi connectivity index (χ1) is 9.29. The third kappa shape index (κ3) is 2.23. The predicted octanol–water partition coefficient (Wildman–Crippen LogP) is 1.87. The van der Waals surface area contributed by atoms with Gasteiger partial charge in [0.15, 0.2) is 0 Å². The summed E-state index contributed by atoms with van der Waals surface area (Å²) in [6.07, 6.45) is 7.51. The van der Waals surface area contributed by atoms with E-state index in [2.05, 4.69) is 16.4 Å². The third-order valence-corrected chi connectivity index (χ3v) is 3.74. The first-order valence-corrected chi connectivity index (χ1v) is 6.89. The van der Waals surface area contributed by atoms with Crippen LogP contribution in [0.2, 0.25) is 0 Å². The van der Waals surface area contributed by atoms with Crippen molar-refractivity contribution < 1.29 is 9.53 Å². The topological polar surface area (TPSA) is 51.2 Å². The number of amides is 1. The molecule has 0 spiro atoms. The predicted molar refractivity (Wildman–Crippen MR) is 73.0 cm³/mol. The molecule has 0 aromatic carbocycles. The number of allylic oxidation sites excluding steroid dienone is 1. The summed E-state index contributed by atoms with van der Waals surface area (Å²) in [6, 6.07) is 0. The van der Waals surface area contributed by atoms with Crippen molar-refractivity contribution in [1.29, 1.82) is 0 Å². The molecule has 0 fully saturated rings. The number of carbonyl (C=O) groups excluding carboxylic acids is 1. The lowest BCUT2D eigenvalue weighted by molar-refractivity contribution is -0.120. The van der Waals surface area contributed by atoms with Crippen LogP contribution in [0.25, 0.3) is 5.57 Å². The zero-order valence-corrected chi connectivity index (χ0v) is 11.2. The molecule has 1 aromatic heterocycles. The highest BCUT2D eigenvalue weighted by atomic mass is 16.5. The van der Waals surface area contributed by atoms with Gasteiger partial charge in [-0.25, -0.2) is 4.98 Å². The largest absolute Gasteiger partial charge is 0.477 e. The van der Waals surface area contributed by atoms with Crippen molar-refractivity contribution in [2.75, 3.05) is 13.2 Å². The van der Waals surface area contributed by atoms with Crippen LogP contribution < -0.4 is 10.1 Å². The first kappa shape index (κ1) is 12.2. The quantitative estimate of drug-likeness (QED) is 0.897. The molecule has 1 aliphatic carbocycles. The van der Waals surface area contributed by atoms with Crippen molar-refractivity contribution in [3.8, 4) is 5.88 Å². The Bertz CT molecular complexity index is 549. The summed E-state index contributed by atoms with van der Waals surface area (Å²) < 4.78 is 5.52. The Kier molecular flexibility index (Phi) is 3.23. The molecule has 0 unspecified atom stereocenters. The minimum atomic E-state index is 0.113. The number of nitrogens with zero attached hydrogens (tertiary/aromatic N) is 1. The second-order valence-corrected chi connectivity index (χ2v) is 4.93. The summed E-state index contributed by atoms with van der Waals surface area (Å²) in [5.41, 5.74) is 5.20. The van der Waals surface area contributed by atoms with Crippen LogP contribution in [0.1, 0.15) is 36.5 Å². The fraction of sp³-hybridized carbons (Fsp3) is 0.467. The molecule has 0 radical (unpaired) electrons. The Morgan fingerprint density at radius 2 is 2.42 bits per heavy atom. The summed E-state index contributed by atoms with van der Waals surface area (Å²) in [7, 11) is 0. The van der Waals surface area contributed by atoms with Crippen molar-refractivity contribution in [3.05, 3.63) is 29.0 Å². The number of carbonyl (C=O) groups is 1. The molecule has 0 saturated carbocycles. The number of nitrogens with one attached hydrogen (secondary N) is 1. The van der Waals surface area contributed by atoms with E-state index in [4.69, 9.17) is 4.74 Å². The lowest BCUT2D eigenvalue weighted by atomic mass is 9.98. The van der Waals surface area contributed by atoms with Gasteiger partial charge >= 0.3 is 0 Å². The Hall–Kier alpha value is -1.84. The minimum Gasteiger partial charge on any atom is -0.477 e. The van der Waals surface area contributed by atoms with Crippen molar-refractivity contribution in [1.82, 2.24) is 10.3 Å². The molecule has 0 saturated heterocycles. The molecule has 0 atom stereocenters. The van der Waals surface area contributed by atoms with E-state index in [1.54, 1.807) is 0 Å². The van der Waals surface area contributed by atoms with Crippen LogP contribution in [0.3, 0.4) is 0 Å². The number of fused-ring (bicyclic) bond motifs is 3. The van der Waals surface area contributed by atoms with Gasteiger partial charge in [-0.3, -0.25) is 4.79 Å².